The zero-order valence-corrected chi connectivity index (χ0v) is 22.1. The van der Waals surface area contributed by atoms with Gasteiger partial charge in [-0.25, -0.2) is 4.90 Å². The topological polar surface area (TPSA) is 59.0 Å². The lowest BCUT2D eigenvalue weighted by molar-refractivity contribution is -0.122. The highest BCUT2D eigenvalue weighted by atomic mass is 16.5. The molecule has 5 nitrogen and oxygen atoms in total. The molecule has 0 aromatic heterocycles. The van der Waals surface area contributed by atoms with E-state index in [-0.39, 0.29) is 17.7 Å². The lowest BCUT2D eigenvalue weighted by atomic mass is 9.47. The van der Waals surface area contributed by atoms with Crippen molar-refractivity contribution in [3.63, 3.8) is 0 Å². The number of nitrogens with zero attached hydrogens (tertiary/aromatic N) is 2. The van der Waals surface area contributed by atoms with Crippen molar-refractivity contribution in [2.75, 3.05) is 12.0 Å². The second-order valence-corrected chi connectivity index (χ2v) is 10.7. The summed E-state index contributed by atoms with van der Waals surface area (Å²) >= 11 is 0. The average Bonchev–Trinajstić information content (AvgIpc) is 3.24. The van der Waals surface area contributed by atoms with Crippen molar-refractivity contribution in [2.24, 2.45) is 16.8 Å². The van der Waals surface area contributed by atoms with Crippen LogP contribution in [0.2, 0.25) is 0 Å². The smallest absolute Gasteiger partial charge is 0.239 e. The van der Waals surface area contributed by atoms with Gasteiger partial charge >= 0.3 is 0 Å². The van der Waals surface area contributed by atoms with E-state index in [4.69, 9.17) is 9.73 Å². The van der Waals surface area contributed by atoms with Crippen LogP contribution in [0, 0.1) is 25.7 Å². The SMILES string of the molecule is COc1ccc(N2C(=O)[C@@H]3C4c5ccccc5C(C=Nc5cccc(C)c5C)(c5ccccc54)[C@H]3C2=O)cc1. The Morgan fingerprint density at radius 3 is 2.08 bits per heavy atom. The third-order valence-corrected chi connectivity index (χ3v) is 9.00. The van der Waals surface area contributed by atoms with Crippen molar-refractivity contribution in [1.82, 2.24) is 0 Å². The Kier molecular flexibility index (Phi) is 5.14. The number of hydrogen-bond acceptors (Lipinski definition) is 4. The fraction of sp³-hybridized carbons (Fsp3) is 0.206. The molecule has 2 amide bonds. The van der Waals surface area contributed by atoms with Gasteiger partial charge < -0.3 is 4.74 Å². The monoisotopic (exact) mass is 512 g/mol. The van der Waals surface area contributed by atoms with E-state index in [0.29, 0.717) is 11.4 Å². The Labute approximate surface area is 227 Å². The van der Waals surface area contributed by atoms with Gasteiger partial charge in [0, 0.05) is 12.1 Å². The van der Waals surface area contributed by atoms with Gasteiger partial charge in [0.05, 0.1) is 35.7 Å². The molecule has 1 fully saturated rings. The largest absolute Gasteiger partial charge is 0.497 e. The molecular weight excluding hydrogens is 484 g/mol. The van der Waals surface area contributed by atoms with Gasteiger partial charge in [-0.3, -0.25) is 14.6 Å². The van der Waals surface area contributed by atoms with Crippen LogP contribution in [0.15, 0.2) is 96.0 Å². The Bertz CT molecular complexity index is 1640. The number of methoxy groups -OCH3 is 1. The van der Waals surface area contributed by atoms with Crippen LogP contribution in [0.25, 0.3) is 0 Å². The molecule has 5 heteroatoms. The summed E-state index contributed by atoms with van der Waals surface area (Å²) < 4.78 is 5.31. The molecule has 0 radical (unpaired) electrons. The zero-order valence-electron chi connectivity index (χ0n) is 22.1. The number of hydrogen-bond donors (Lipinski definition) is 0. The van der Waals surface area contributed by atoms with Gasteiger partial charge in [0.15, 0.2) is 0 Å². The van der Waals surface area contributed by atoms with E-state index in [2.05, 4.69) is 44.2 Å². The number of ether oxygens (including phenoxy) is 1. The third kappa shape index (κ3) is 3.10. The Hall–Kier alpha value is -4.51. The number of carbonyl (C=O) groups excluding carboxylic acids is 2. The second kappa shape index (κ2) is 8.50. The molecule has 2 atom stereocenters. The molecule has 0 saturated carbocycles. The number of rotatable bonds is 4. The molecule has 0 unspecified atom stereocenters. The van der Waals surface area contributed by atoms with Crippen molar-refractivity contribution in [2.45, 2.75) is 25.2 Å². The molecule has 1 saturated heterocycles. The van der Waals surface area contributed by atoms with Crippen molar-refractivity contribution in [1.29, 1.82) is 0 Å². The third-order valence-electron chi connectivity index (χ3n) is 9.00. The molecular formula is C34H28N2O3. The summed E-state index contributed by atoms with van der Waals surface area (Å²) in [5.74, 6) is -0.985. The predicted octanol–water partition coefficient (Wildman–Crippen LogP) is 6.27. The van der Waals surface area contributed by atoms with Crippen LogP contribution in [0.1, 0.15) is 39.3 Å². The number of anilines is 1. The molecule has 4 aromatic rings. The first kappa shape index (κ1) is 23.6. The summed E-state index contributed by atoms with van der Waals surface area (Å²) in [6, 6.07) is 29.7. The maximum atomic E-state index is 14.5. The highest BCUT2D eigenvalue weighted by Crippen LogP contribution is 2.63. The van der Waals surface area contributed by atoms with Crippen LogP contribution in [-0.2, 0) is 15.0 Å². The van der Waals surface area contributed by atoms with E-state index >= 15 is 0 Å². The zero-order chi connectivity index (χ0) is 26.9. The Morgan fingerprint density at radius 2 is 1.44 bits per heavy atom. The molecule has 0 spiro atoms. The maximum absolute atomic E-state index is 14.5. The molecule has 3 aliphatic carbocycles. The summed E-state index contributed by atoms with van der Waals surface area (Å²) in [6.45, 7) is 4.14. The normalized spacial score (nSPS) is 24.6. The highest BCUT2D eigenvalue weighted by molar-refractivity contribution is 6.25. The first-order valence-corrected chi connectivity index (χ1v) is 13.3. The van der Waals surface area contributed by atoms with Crippen LogP contribution >= 0.6 is 0 Å². The number of imide groups is 1. The molecule has 2 bridgehead atoms. The molecule has 8 rings (SSSR count). The predicted molar refractivity (Wildman–Crippen MR) is 152 cm³/mol. The van der Waals surface area contributed by atoms with E-state index in [1.807, 2.05) is 42.6 Å². The summed E-state index contributed by atoms with van der Waals surface area (Å²) in [7, 11) is 1.60. The van der Waals surface area contributed by atoms with E-state index in [1.54, 1.807) is 31.4 Å². The van der Waals surface area contributed by atoms with Gasteiger partial charge in [0.25, 0.3) is 0 Å². The van der Waals surface area contributed by atoms with Crippen LogP contribution in [0.3, 0.4) is 0 Å². The van der Waals surface area contributed by atoms with E-state index < -0.39 is 17.3 Å². The van der Waals surface area contributed by atoms with Gasteiger partial charge in [-0.05, 0) is 77.6 Å². The van der Waals surface area contributed by atoms with Crippen molar-refractivity contribution in [3.8, 4) is 5.75 Å². The minimum atomic E-state index is -0.878. The number of aryl methyl sites for hydroxylation is 1. The van der Waals surface area contributed by atoms with E-state index in [9.17, 15) is 9.59 Å². The quantitative estimate of drug-likeness (QED) is 0.239. The minimum Gasteiger partial charge on any atom is -0.497 e. The molecule has 1 heterocycles. The van der Waals surface area contributed by atoms with Crippen LogP contribution in [0.4, 0.5) is 11.4 Å². The van der Waals surface area contributed by atoms with E-state index in [1.165, 1.54) is 4.90 Å². The van der Waals surface area contributed by atoms with Gasteiger partial charge in [-0.1, -0.05) is 60.7 Å². The Balaban J connectivity index is 1.49. The maximum Gasteiger partial charge on any atom is 0.239 e. The van der Waals surface area contributed by atoms with Crippen LogP contribution in [-0.4, -0.2) is 25.1 Å². The number of aliphatic imine (C=N–C) groups is 1. The summed E-state index contributed by atoms with van der Waals surface area (Å²) in [6.07, 6.45) is 1.96. The van der Waals surface area contributed by atoms with Gasteiger partial charge in [0.2, 0.25) is 11.8 Å². The number of amides is 2. The first-order chi connectivity index (χ1) is 19.0. The average molecular weight is 513 g/mol. The van der Waals surface area contributed by atoms with Crippen molar-refractivity contribution < 1.29 is 14.3 Å². The molecule has 4 aromatic carbocycles. The fourth-order valence-electron chi connectivity index (χ4n) is 7.08. The summed E-state index contributed by atoms with van der Waals surface area (Å²) in [5, 5.41) is 0. The van der Waals surface area contributed by atoms with Gasteiger partial charge in [-0.15, -0.1) is 0 Å². The van der Waals surface area contributed by atoms with Crippen LogP contribution in [0.5, 0.6) is 5.75 Å². The van der Waals surface area contributed by atoms with Gasteiger partial charge in [-0.2, -0.15) is 0 Å². The standard InChI is InChI=1S/C34H28N2O3/c1-20-9-8-14-28(21(20)2)35-19-34-26-12-6-4-10-24(26)29(25-11-5-7-13-27(25)34)30-31(34)33(38)36(32(30)37)22-15-17-23(39-3)18-16-22/h4-19,29-31H,1-3H3/t29?,30-,31-,34?/m1/s1. The summed E-state index contributed by atoms with van der Waals surface area (Å²) in [5.41, 5.74) is 7.12. The van der Waals surface area contributed by atoms with Crippen molar-refractivity contribution in [3.05, 3.63) is 124 Å². The first-order valence-electron chi connectivity index (χ1n) is 13.3. The van der Waals surface area contributed by atoms with E-state index in [0.717, 1.165) is 39.1 Å². The van der Waals surface area contributed by atoms with Crippen LogP contribution < -0.4 is 9.64 Å². The lowest BCUT2D eigenvalue weighted by Crippen LogP contribution is -2.54. The summed E-state index contributed by atoms with van der Waals surface area (Å²) in [4.78, 5) is 35.2. The minimum absolute atomic E-state index is 0.159. The number of carbonyl (C=O) groups is 2. The fourth-order valence-corrected chi connectivity index (χ4v) is 7.08. The molecule has 1 aliphatic heterocycles. The lowest BCUT2D eigenvalue weighted by Gasteiger charge is -2.52. The molecule has 0 N–H and O–H groups in total. The molecule has 4 aliphatic rings. The number of benzene rings is 4. The highest BCUT2D eigenvalue weighted by Gasteiger charge is 2.67. The Morgan fingerprint density at radius 1 is 0.795 bits per heavy atom. The second-order valence-electron chi connectivity index (χ2n) is 10.7. The van der Waals surface area contributed by atoms with Gasteiger partial charge in [0.1, 0.15) is 5.75 Å². The molecule has 192 valence electrons. The molecule has 39 heavy (non-hydrogen) atoms. The van der Waals surface area contributed by atoms with Crippen molar-refractivity contribution >= 4 is 29.4 Å².